The summed E-state index contributed by atoms with van der Waals surface area (Å²) in [5.41, 5.74) is 3.27. The summed E-state index contributed by atoms with van der Waals surface area (Å²) in [6, 6.07) is 7.77. The number of hydrogen-bond acceptors (Lipinski definition) is 5. The van der Waals surface area contributed by atoms with Crippen molar-refractivity contribution in [2.75, 3.05) is 0 Å². The van der Waals surface area contributed by atoms with E-state index in [0.717, 1.165) is 0 Å². The van der Waals surface area contributed by atoms with Gasteiger partial charge in [0.05, 0.1) is 30.1 Å². The number of nitrogens with zero attached hydrogens (tertiary/aromatic N) is 2. The number of furan rings is 1. The van der Waals surface area contributed by atoms with Gasteiger partial charge in [0.15, 0.2) is 0 Å². The molecule has 0 aliphatic heterocycles. The molecule has 0 saturated carbocycles. The van der Waals surface area contributed by atoms with Crippen molar-refractivity contribution in [3.63, 3.8) is 0 Å². The van der Waals surface area contributed by atoms with Gasteiger partial charge < -0.3 is 4.42 Å². The highest BCUT2D eigenvalue weighted by molar-refractivity contribution is 5.83. The van der Waals surface area contributed by atoms with Crippen molar-refractivity contribution in [3.8, 4) is 0 Å². The van der Waals surface area contributed by atoms with E-state index >= 15 is 0 Å². The minimum atomic E-state index is -0.517. The molecule has 1 aromatic carbocycles. The van der Waals surface area contributed by atoms with E-state index in [2.05, 4.69) is 10.5 Å². The first-order chi connectivity index (χ1) is 9.66. The van der Waals surface area contributed by atoms with Crippen LogP contribution >= 0.6 is 0 Å². The first-order valence-electron chi connectivity index (χ1n) is 5.73. The molecular weight excluding hydrogens is 262 g/mol. The smallest absolute Gasteiger partial charge is 0.273 e. The van der Waals surface area contributed by atoms with Crippen molar-refractivity contribution in [1.29, 1.82) is 0 Å². The van der Waals surface area contributed by atoms with E-state index in [1.165, 1.54) is 30.9 Å². The topological polar surface area (TPSA) is 97.7 Å². The maximum Gasteiger partial charge on any atom is 0.273 e. The monoisotopic (exact) mass is 273 g/mol. The van der Waals surface area contributed by atoms with Crippen LogP contribution in [0, 0.1) is 10.1 Å². The zero-order valence-electron chi connectivity index (χ0n) is 10.4. The highest BCUT2D eigenvalue weighted by Gasteiger charge is 2.14. The first-order valence-corrected chi connectivity index (χ1v) is 5.73. The fourth-order valence-electron chi connectivity index (χ4n) is 1.58. The Morgan fingerprint density at radius 3 is 2.90 bits per heavy atom. The van der Waals surface area contributed by atoms with Crippen molar-refractivity contribution in [3.05, 3.63) is 64.1 Å². The van der Waals surface area contributed by atoms with Crippen LogP contribution in [0.15, 0.2) is 52.4 Å². The Morgan fingerprint density at radius 1 is 1.40 bits per heavy atom. The fourth-order valence-corrected chi connectivity index (χ4v) is 1.58. The van der Waals surface area contributed by atoms with Gasteiger partial charge in [-0.3, -0.25) is 14.9 Å². The number of carbonyl (C=O) groups is 1. The average Bonchev–Trinajstić information content (AvgIpc) is 2.92. The fraction of sp³-hybridized carbons (Fsp3) is 0.0769. The lowest BCUT2D eigenvalue weighted by molar-refractivity contribution is -0.385. The number of nitro benzene ring substituents is 1. The van der Waals surface area contributed by atoms with Crippen molar-refractivity contribution >= 4 is 17.8 Å². The second kappa shape index (κ2) is 6.28. The third-order valence-electron chi connectivity index (χ3n) is 2.49. The quantitative estimate of drug-likeness (QED) is 0.511. The van der Waals surface area contributed by atoms with E-state index in [9.17, 15) is 14.9 Å². The highest BCUT2D eigenvalue weighted by atomic mass is 16.6. The highest BCUT2D eigenvalue weighted by Crippen LogP contribution is 2.17. The van der Waals surface area contributed by atoms with Crippen LogP contribution in [0.25, 0.3) is 0 Å². The Balaban J connectivity index is 1.96. The van der Waals surface area contributed by atoms with Gasteiger partial charge in [0.2, 0.25) is 5.91 Å². The second-order valence-corrected chi connectivity index (χ2v) is 3.91. The van der Waals surface area contributed by atoms with Gasteiger partial charge >= 0.3 is 0 Å². The molecule has 1 heterocycles. The summed E-state index contributed by atoms with van der Waals surface area (Å²) in [5, 5.41) is 14.5. The van der Waals surface area contributed by atoms with Crippen LogP contribution in [0.3, 0.4) is 0 Å². The van der Waals surface area contributed by atoms with Gasteiger partial charge in [-0.15, -0.1) is 0 Å². The minimum absolute atomic E-state index is 0.0820. The van der Waals surface area contributed by atoms with E-state index in [4.69, 9.17) is 4.42 Å². The maximum absolute atomic E-state index is 11.6. The SMILES string of the molecule is O=C(Cc1ccccc1[N+](=O)[O-])N/N=C/c1ccoc1. The Kier molecular flexibility index (Phi) is 4.23. The Labute approximate surface area is 114 Å². The van der Waals surface area contributed by atoms with Crippen LogP contribution in [-0.2, 0) is 11.2 Å². The molecule has 0 atom stereocenters. The molecule has 0 radical (unpaired) electrons. The normalized spacial score (nSPS) is 10.6. The van der Waals surface area contributed by atoms with Crippen molar-refractivity contribution in [2.45, 2.75) is 6.42 Å². The summed E-state index contributed by atoms with van der Waals surface area (Å²) >= 11 is 0. The molecule has 0 aliphatic carbocycles. The molecule has 2 aromatic rings. The first kappa shape index (κ1) is 13.5. The molecule has 0 fully saturated rings. The molecule has 1 N–H and O–H groups in total. The van der Waals surface area contributed by atoms with Gasteiger partial charge in [-0.25, -0.2) is 5.43 Å². The number of nitro groups is 1. The molecule has 0 unspecified atom stereocenters. The lowest BCUT2D eigenvalue weighted by Crippen LogP contribution is -2.20. The zero-order chi connectivity index (χ0) is 14.4. The van der Waals surface area contributed by atoms with E-state index in [-0.39, 0.29) is 12.1 Å². The number of amides is 1. The van der Waals surface area contributed by atoms with E-state index < -0.39 is 10.8 Å². The molecule has 7 heteroatoms. The molecule has 0 saturated heterocycles. The summed E-state index contributed by atoms with van der Waals surface area (Å²) in [4.78, 5) is 21.9. The van der Waals surface area contributed by atoms with Gasteiger partial charge in [0.25, 0.3) is 5.69 Å². The summed E-state index contributed by atoms with van der Waals surface area (Å²) < 4.78 is 4.83. The number of hydrazone groups is 1. The van der Waals surface area contributed by atoms with Gasteiger partial charge in [-0.2, -0.15) is 5.10 Å². The molecule has 0 spiro atoms. The number of hydrogen-bond donors (Lipinski definition) is 1. The third kappa shape index (κ3) is 3.52. The molecular formula is C13H11N3O4. The Morgan fingerprint density at radius 2 is 2.20 bits per heavy atom. The molecule has 20 heavy (non-hydrogen) atoms. The lowest BCUT2D eigenvalue weighted by atomic mass is 10.1. The van der Waals surface area contributed by atoms with E-state index in [1.807, 2.05) is 0 Å². The van der Waals surface area contributed by atoms with Gasteiger partial charge in [0.1, 0.15) is 0 Å². The Hall–Kier alpha value is -2.96. The molecule has 1 aromatic heterocycles. The van der Waals surface area contributed by atoms with Crippen LogP contribution in [0.2, 0.25) is 0 Å². The number of benzene rings is 1. The minimum Gasteiger partial charge on any atom is -0.472 e. The van der Waals surface area contributed by atoms with E-state index in [1.54, 1.807) is 18.2 Å². The number of rotatable bonds is 5. The molecule has 2 rings (SSSR count). The van der Waals surface area contributed by atoms with Crippen molar-refractivity contribution < 1.29 is 14.1 Å². The predicted molar refractivity (Wildman–Crippen MR) is 71.2 cm³/mol. The summed E-state index contributed by atoms with van der Waals surface area (Å²) in [5.74, 6) is -0.431. The maximum atomic E-state index is 11.6. The second-order valence-electron chi connectivity index (χ2n) is 3.91. The molecule has 0 bridgehead atoms. The Bertz CT molecular complexity index is 635. The van der Waals surface area contributed by atoms with Crippen LogP contribution in [0.5, 0.6) is 0 Å². The van der Waals surface area contributed by atoms with Crippen molar-refractivity contribution in [2.24, 2.45) is 5.10 Å². The molecule has 0 aliphatic rings. The molecule has 1 amide bonds. The summed E-state index contributed by atoms with van der Waals surface area (Å²) in [6.45, 7) is 0. The molecule has 7 nitrogen and oxygen atoms in total. The lowest BCUT2D eigenvalue weighted by Gasteiger charge is -2.01. The number of carbonyl (C=O) groups excluding carboxylic acids is 1. The van der Waals surface area contributed by atoms with Crippen molar-refractivity contribution in [1.82, 2.24) is 5.43 Å². The van der Waals surface area contributed by atoms with Gasteiger partial charge in [0, 0.05) is 17.2 Å². The third-order valence-corrected chi connectivity index (χ3v) is 2.49. The van der Waals surface area contributed by atoms with Crippen LogP contribution in [0.4, 0.5) is 5.69 Å². The average molecular weight is 273 g/mol. The summed E-state index contributed by atoms with van der Waals surface area (Å²) in [6.07, 6.45) is 4.26. The van der Waals surface area contributed by atoms with Crippen LogP contribution < -0.4 is 5.43 Å². The predicted octanol–water partition coefficient (Wildman–Crippen LogP) is 1.88. The van der Waals surface area contributed by atoms with Crippen LogP contribution in [0.1, 0.15) is 11.1 Å². The number of nitrogens with one attached hydrogen (secondary N) is 1. The van der Waals surface area contributed by atoms with Gasteiger partial charge in [-0.1, -0.05) is 18.2 Å². The van der Waals surface area contributed by atoms with Crippen LogP contribution in [-0.4, -0.2) is 17.0 Å². The zero-order valence-corrected chi connectivity index (χ0v) is 10.4. The largest absolute Gasteiger partial charge is 0.472 e. The number of para-hydroxylation sites is 1. The van der Waals surface area contributed by atoms with Gasteiger partial charge in [-0.05, 0) is 6.07 Å². The standard InChI is InChI=1S/C13H11N3O4/c17-13(15-14-8-10-5-6-20-9-10)7-11-3-1-2-4-12(11)16(18)19/h1-6,8-9H,7H2,(H,15,17)/b14-8+. The van der Waals surface area contributed by atoms with E-state index in [0.29, 0.717) is 11.1 Å². The molecule has 102 valence electrons. The summed E-state index contributed by atoms with van der Waals surface area (Å²) in [7, 11) is 0.